The average Bonchev–Trinajstić information content (AvgIpc) is 3.63. The molecule has 0 saturated carbocycles. The van der Waals surface area contributed by atoms with Crippen LogP contribution in [0.1, 0.15) is 91.7 Å². The van der Waals surface area contributed by atoms with E-state index in [4.69, 9.17) is 19.9 Å². The second-order valence-corrected chi connectivity index (χ2v) is 24.2. The lowest BCUT2D eigenvalue weighted by molar-refractivity contribution is -0.149. The van der Waals surface area contributed by atoms with Crippen LogP contribution in [0, 0.1) is 10.8 Å². The molecule has 0 radical (unpaired) electrons. The molecular formula is C58H64N14O8S2. The third-order valence-electron chi connectivity index (χ3n) is 15.4. The molecular weight excluding hydrogens is 1080 g/mol. The minimum atomic E-state index is -1.46. The first kappa shape index (κ1) is 56.9. The molecule has 0 aliphatic carbocycles. The van der Waals surface area contributed by atoms with Crippen LogP contribution in [0.4, 0.5) is 31.4 Å². The lowest BCUT2D eigenvalue weighted by Gasteiger charge is -2.37. The number of aliphatic hydroxyl groups is 2. The van der Waals surface area contributed by atoms with Crippen molar-refractivity contribution in [1.82, 2.24) is 50.5 Å². The van der Waals surface area contributed by atoms with Crippen LogP contribution in [0.3, 0.4) is 0 Å². The molecule has 8 aromatic rings. The van der Waals surface area contributed by atoms with E-state index in [0.717, 1.165) is 43.2 Å². The molecule has 2 aromatic carbocycles. The van der Waals surface area contributed by atoms with E-state index < -0.39 is 40.0 Å². The molecule has 2 aliphatic rings. The highest BCUT2D eigenvalue weighted by Gasteiger charge is 2.38. The maximum absolute atomic E-state index is 13.4. The summed E-state index contributed by atoms with van der Waals surface area (Å²) in [7, 11) is 0. The van der Waals surface area contributed by atoms with Crippen molar-refractivity contribution in [1.29, 1.82) is 0 Å². The molecule has 1 unspecified atom stereocenters. The molecule has 0 spiro atoms. The number of aliphatic carboxylic acids is 2. The van der Waals surface area contributed by atoms with E-state index in [1.54, 1.807) is 65.6 Å². The topological polar surface area (TPSA) is 307 Å². The second-order valence-electron chi connectivity index (χ2n) is 22.2. The summed E-state index contributed by atoms with van der Waals surface area (Å²) >= 11 is 2.61. The number of carboxylic acids is 2. The van der Waals surface area contributed by atoms with Gasteiger partial charge in [0.05, 0.1) is 42.7 Å². The Hall–Kier alpha value is -8.32. The first-order valence-electron chi connectivity index (χ1n) is 27.1. The van der Waals surface area contributed by atoms with E-state index in [0.29, 0.717) is 109 Å². The number of piperidine rings is 2. The smallest absolute Gasteiger partial charge is 0.321 e. The standard InChI is InChI=1S/C58H64N14O8S2/c1-7-59-51(77)69-53-67-42-26-33(24-38(45(42)81-53)40-10-8-11-44(66-40)72-22-16-57(5,17-23-72)50(75)76)36-31-64-48(65-32-36)58(6,80)13-9-18-61-52(78)70-54-68-43-27-34(35-29-62-47(63-30-35)55(2,3)79)25-39(46(43)82-54)41-28-37(12-19-60-41)71-20-14-56(4,15-21-71)49(73)74/h8,10-12,19,24-32,79-80H,7,9,13-18,20-23H2,1-6H3,(H,73,74)(H,75,76)(H2,59,67,69,77)(H2,61,68,70,78). The minimum absolute atomic E-state index is 0.195. The van der Waals surface area contributed by atoms with Gasteiger partial charge < -0.3 is 40.9 Å². The van der Waals surface area contributed by atoms with Crippen LogP contribution < -0.4 is 31.1 Å². The Morgan fingerprint density at radius 1 is 0.622 bits per heavy atom. The third-order valence-corrected chi connectivity index (χ3v) is 17.4. The van der Waals surface area contributed by atoms with Crippen LogP contribution in [-0.4, -0.2) is 124 Å². The second kappa shape index (κ2) is 22.9. The summed E-state index contributed by atoms with van der Waals surface area (Å²) in [5.41, 5.74) is 3.48. The van der Waals surface area contributed by atoms with Gasteiger partial charge in [-0.15, -0.1) is 0 Å². The van der Waals surface area contributed by atoms with Crippen LogP contribution in [-0.2, 0) is 20.8 Å². The Balaban J connectivity index is 0.824. The molecule has 10 rings (SSSR count). The first-order chi connectivity index (χ1) is 39.1. The van der Waals surface area contributed by atoms with Gasteiger partial charge in [0.15, 0.2) is 21.9 Å². The third kappa shape index (κ3) is 12.3. The number of thiazole rings is 2. The summed E-state index contributed by atoms with van der Waals surface area (Å²) < 4.78 is 1.56. The summed E-state index contributed by atoms with van der Waals surface area (Å²) in [6.07, 6.45) is 10.9. The molecule has 82 heavy (non-hydrogen) atoms. The summed E-state index contributed by atoms with van der Waals surface area (Å²) in [5.74, 6) is -0.400. The monoisotopic (exact) mass is 1150 g/mol. The predicted octanol–water partition coefficient (Wildman–Crippen LogP) is 9.50. The molecule has 0 bridgehead atoms. The average molecular weight is 1150 g/mol. The number of fused-ring (bicyclic) bond motifs is 2. The first-order valence-corrected chi connectivity index (χ1v) is 28.7. The number of carboxylic acid groups (broad SMARTS) is 2. The van der Waals surface area contributed by atoms with Gasteiger partial charge in [-0.25, -0.2) is 44.5 Å². The van der Waals surface area contributed by atoms with E-state index >= 15 is 0 Å². The fourth-order valence-electron chi connectivity index (χ4n) is 10.1. The lowest BCUT2D eigenvalue weighted by Crippen LogP contribution is -2.43. The number of amides is 4. The molecule has 22 nitrogen and oxygen atoms in total. The molecule has 2 saturated heterocycles. The van der Waals surface area contributed by atoms with E-state index in [-0.39, 0.29) is 30.6 Å². The number of pyridine rings is 2. The molecule has 1 atom stereocenters. The van der Waals surface area contributed by atoms with E-state index in [1.165, 1.54) is 22.7 Å². The number of hydrogen-bond acceptors (Lipinski definition) is 18. The number of benzene rings is 2. The van der Waals surface area contributed by atoms with Crippen molar-refractivity contribution in [3.05, 3.63) is 97.2 Å². The van der Waals surface area contributed by atoms with Gasteiger partial charge in [0, 0.05) is 98.2 Å². The van der Waals surface area contributed by atoms with Crippen molar-refractivity contribution in [2.24, 2.45) is 10.8 Å². The van der Waals surface area contributed by atoms with E-state index in [2.05, 4.69) is 51.0 Å². The van der Waals surface area contributed by atoms with Crippen molar-refractivity contribution in [3.63, 3.8) is 0 Å². The van der Waals surface area contributed by atoms with Crippen LogP contribution in [0.2, 0.25) is 0 Å². The Bertz CT molecular complexity index is 3700. The zero-order chi connectivity index (χ0) is 58.1. The van der Waals surface area contributed by atoms with Crippen LogP contribution in [0.5, 0.6) is 0 Å². The van der Waals surface area contributed by atoms with E-state index in [1.807, 2.05) is 61.5 Å². The molecule has 2 fully saturated rings. The lowest BCUT2D eigenvalue weighted by atomic mass is 9.80. The number of hydrogen-bond donors (Lipinski definition) is 8. The zero-order valence-electron chi connectivity index (χ0n) is 46.3. The number of nitrogens with zero attached hydrogens (tertiary/aromatic N) is 10. The summed E-state index contributed by atoms with van der Waals surface area (Å²) in [4.78, 5) is 91.7. The summed E-state index contributed by atoms with van der Waals surface area (Å²) in [6.45, 7) is 13.1. The van der Waals surface area contributed by atoms with Crippen molar-refractivity contribution >= 4 is 88.9 Å². The number of anilines is 4. The number of carbonyl (C=O) groups excluding carboxylic acids is 2. The fraction of sp³-hybridized carbons (Fsp3) is 0.379. The van der Waals surface area contributed by atoms with Gasteiger partial charge in [-0.3, -0.25) is 25.2 Å². The zero-order valence-corrected chi connectivity index (χ0v) is 47.9. The Kier molecular flexibility index (Phi) is 15.9. The van der Waals surface area contributed by atoms with Gasteiger partial charge in [-0.2, -0.15) is 0 Å². The highest BCUT2D eigenvalue weighted by atomic mass is 32.1. The maximum Gasteiger partial charge on any atom is 0.321 e. The van der Waals surface area contributed by atoms with Crippen LogP contribution in [0.25, 0.3) is 65.2 Å². The molecule has 8 heterocycles. The largest absolute Gasteiger partial charge is 0.481 e. The summed E-state index contributed by atoms with van der Waals surface area (Å²) in [6, 6.07) is 16.5. The summed E-state index contributed by atoms with van der Waals surface area (Å²) in [5, 5.41) is 53.9. The molecule has 6 aromatic heterocycles. The molecule has 426 valence electrons. The van der Waals surface area contributed by atoms with Crippen molar-refractivity contribution < 1.29 is 39.6 Å². The molecule has 8 N–H and O–H groups in total. The van der Waals surface area contributed by atoms with Crippen molar-refractivity contribution in [2.45, 2.75) is 91.3 Å². The number of aromatic nitrogens is 8. The molecule has 4 amide bonds. The number of carbonyl (C=O) groups is 4. The number of rotatable bonds is 17. The maximum atomic E-state index is 13.4. The Morgan fingerprint density at radius 3 is 1.66 bits per heavy atom. The Labute approximate surface area is 480 Å². The van der Waals surface area contributed by atoms with Gasteiger partial charge in [0.2, 0.25) is 0 Å². The normalized spacial score (nSPS) is 15.9. The van der Waals surface area contributed by atoms with Gasteiger partial charge in [-0.05, 0) is 140 Å². The van der Waals surface area contributed by atoms with Crippen LogP contribution in [0.15, 0.2) is 85.6 Å². The highest BCUT2D eigenvalue weighted by Crippen LogP contribution is 2.42. The van der Waals surface area contributed by atoms with Gasteiger partial charge in [0.25, 0.3) is 0 Å². The predicted molar refractivity (Wildman–Crippen MR) is 316 cm³/mol. The SMILES string of the molecule is CCNC(=O)Nc1nc2cc(-c3cnc(C(C)(O)CCCNC(=O)Nc4nc5cc(-c6cnc(C(C)(C)O)nc6)cc(-c6cc(N7CCC(C)(C(=O)O)CC7)ccn6)c5s4)nc3)cc(-c3cccc(N4CCC(C)(C(=O)O)CC4)n3)c2s1. The van der Waals surface area contributed by atoms with Gasteiger partial charge in [0.1, 0.15) is 17.0 Å². The van der Waals surface area contributed by atoms with E-state index in [9.17, 15) is 39.6 Å². The Morgan fingerprint density at radius 2 is 1.13 bits per heavy atom. The van der Waals surface area contributed by atoms with Gasteiger partial charge >= 0.3 is 24.0 Å². The van der Waals surface area contributed by atoms with Gasteiger partial charge in [-0.1, -0.05) is 28.7 Å². The van der Waals surface area contributed by atoms with Crippen molar-refractivity contribution in [2.75, 3.05) is 59.7 Å². The van der Waals surface area contributed by atoms with Crippen LogP contribution >= 0.6 is 22.7 Å². The molecule has 2 aliphatic heterocycles. The number of urea groups is 2. The minimum Gasteiger partial charge on any atom is -0.481 e. The van der Waals surface area contributed by atoms with Crippen molar-refractivity contribution in [3.8, 4) is 44.8 Å². The number of nitrogens with one attached hydrogen (secondary N) is 4. The highest BCUT2D eigenvalue weighted by molar-refractivity contribution is 7.23. The fourth-order valence-corrected chi connectivity index (χ4v) is 12.0. The quantitative estimate of drug-likeness (QED) is 0.0393. The molecule has 24 heteroatoms.